The van der Waals surface area contributed by atoms with E-state index < -0.39 is 32.2 Å². The molecule has 0 aliphatic heterocycles. The first-order valence-corrected chi connectivity index (χ1v) is 14.3. The van der Waals surface area contributed by atoms with Crippen LogP contribution in [0.25, 0.3) is 11.1 Å². The monoisotopic (exact) mass is 531 g/mol. The molecule has 2 aromatic carbocycles. The van der Waals surface area contributed by atoms with E-state index in [2.05, 4.69) is 23.8 Å². The molecule has 198 valence electrons. The van der Waals surface area contributed by atoms with Gasteiger partial charge in [0.15, 0.2) is 4.90 Å². The highest BCUT2D eigenvalue weighted by Gasteiger charge is 2.32. The van der Waals surface area contributed by atoms with Crippen LogP contribution in [0.1, 0.15) is 56.6 Å². The molecule has 0 aliphatic rings. The summed E-state index contributed by atoms with van der Waals surface area (Å²) in [6.45, 7) is 8.01. The van der Waals surface area contributed by atoms with Gasteiger partial charge in [-0.25, -0.2) is 8.42 Å². The molecule has 0 radical (unpaired) electrons. The summed E-state index contributed by atoms with van der Waals surface area (Å²) in [6, 6.07) is 17.3. The second-order valence-electron chi connectivity index (χ2n) is 9.84. The van der Waals surface area contributed by atoms with Crippen molar-refractivity contribution in [2.45, 2.75) is 62.8 Å². The van der Waals surface area contributed by atoms with Crippen LogP contribution in [-0.4, -0.2) is 28.1 Å². The van der Waals surface area contributed by atoms with E-state index in [9.17, 15) is 18.3 Å². The first kappa shape index (κ1) is 27.3. The van der Waals surface area contributed by atoms with Crippen molar-refractivity contribution in [1.29, 1.82) is 0 Å². The van der Waals surface area contributed by atoms with Gasteiger partial charge in [0.2, 0.25) is 15.7 Å². The maximum atomic E-state index is 13.7. The first-order chi connectivity index (χ1) is 18.1. The van der Waals surface area contributed by atoms with Gasteiger partial charge >= 0.3 is 0 Å². The van der Waals surface area contributed by atoms with Crippen LogP contribution in [0.3, 0.4) is 0 Å². The highest BCUT2D eigenvalue weighted by atomic mass is 32.2. The van der Waals surface area contributed by atoms with Gasteiger partial charge < -0.3 is 5.11 Å². The highest BCUT2D eigenvalue weighted by Crippen LogP contribution is 2.34. The molecule has 1 N–H and O–H groups in total. The number of benzene rings is 2. The molecule has 1 unspecified atom stereocenters. The van der Waals surface area contributed by atoms with Crippen LogP contribution < -0.4 is 5.56 Å². The average Bonchev–Trinajstić information content (AvgIpc) is 2.90. The standard InChI is InChI=1S/C30H33N3O4S/c1-5-26(23-9-7-6-8-10-23)33-27(16-11-20(2)3)32-29(34)28(30(33)35)38(36,37)24-14-12-22(13-15-24)25-17-18-31-19-21(25)4/h6-10,12-15,17-20,26,35H,5,11,16H2,1-4H3. The molecule has 8 heteroatoms. The summed E-state index contributed by atoms with van der Waals surface area (Å²) in [6.07, 6.45) is 5.15. The minimum absolute atomic E-state index is 0.0867. The number of pyridine rings is 1. The first-order valence-electron chi connectivity index (χ1n) is 12.8. The normalized spacial score (nSPS) is 12.6. The second kappa shape index (κ2) is 11.3. The zero-order valence-corrected chi connectivity index (χ0v) is 22.9. The summed E-state index contributed by atoms with van der Waals surface area (Å²) < 4.78 is 29.0. The van der Waals surface area contributed by atoms with Crippen molar-refractivity contribution < 1.29 is 13.5 Å². The lowest BCUT2D eigenvalue weighted by Gasteiger charge is -2.25. The van der Waals surface area contributed by atoms with Crippen molar-refractivity contribution in [2.75, 3.05) is 0 Å². The topological polar surface area (TPSA) is 102 Å². The third kappa shape index (κ3) is 5.41. The average molecular weight is 532 g/mol. The smallest absolute Gasteiger partial charge is 0.296 e. The van der Waals surface area contributed by atoms with Crippen LogP contribution in [0.15, 0.2) is 87.6 Å². The fourth-order valence-electron chi connectivity index (χ4n) is 4.68. The Hall–Kier alpha value is -3.78. The van der Waals surface area contributed by atoms with E-state index in [0.717, 1.165) is 28.7 Å². The van der Waals surface area contributed by atoms with Crippen molar-refractivity contribution in [3.05, 3.63) is 100 Å². The Balaban J connectivity index is 1.86. The molecule has 0 fully saturated rings. The van der Waals surface area contributed by atoms with E-state index in [-0.39, 0.29) is 4.90 Å². The summed E-state index contributed by atoms with van der Waals surface area (Å²) >= 11 is 0. The molecule has 38 heavy (non-hydrogen) atoms. The van der Waals surface area contributed by atoms with E-state index in [1.807, 2.05) is 50.2 Å². The number of aromatic nitrogens is 3. The van der Waals surface area contributed by atoms with Gasteiger partial charge in [0.1, 0.15) is 5.82 Å². The minimum Gasteiger partial charge on any atom is -0.493 e. The largest absolute Gasteiger partial charge is 0.493 e. The van der Waals surface area contributed by atoms with Crippen LogP contribution in [0, 0.1) is 12.8 Å². The lowest BCUT2D eigenvalue weighted by Crippen LogP contribution is -2.27. The molecule has 2 aromatic heterocycles. The summed E-state index contributed by atoms with van der Waals surface area (Å²) in [4.78, 5) is 20.7. The lowest BCUT2D eigenvalue weighted by molar-refractivity contribution is 0.356. The zero-order valence-electron chi connectivity index (χ0n) is 22.1. The molecule has 0 bridgehead atoms. The van der Waals surface area contributed by atoms with Gasteiger partial charge in [-0.05, 0) is 66.1 Å². The van der Waals surface area contributed by atoms with Crippen LogP contribution in [0.2, 0.25) is 0 Å². The molecule has 4 aromatic rings. The maximum absolute atomic E-state index is 13.7. The van der Waals surface area contributed by atoms with Crippen molar-refractivity contribution in [3.8, 4) is 17.0 Å². The molecule has 4 rings (SSSR count). The molecular weight excluding hydrogens is 498 g/mol. The number of aryl methyl sites for hydroxylation is 2. The molecule has 0 saturated heterocycles. The Labute approximate surface area is 223 Å². The fourth-order valence-corrected chi connectivity index (χ4v) is 6.02. The Morgan fingerprint density at radius 3 is 2.29 bits per heavy atom. The third-order valence-corrected chi connectivity index (χ3v) is 8.51. The summed E-state index contributed by atoms with van der Waals surface area (Å²) in [7, 11) is -4.36. The molecule has 2 heterocycles. The lowest BCUT2D eigenvalue weighted by atomic mass is 10.0. The highest BCUT2D eigenvalue weighted by molar-refractivity contribution is 7.91. The zero-order chi connectivity index (χ0) is 27.4. The Kier molecular flexibility index (Phi) is 8.11. The summed E-state index contributed by atoms with van der Waals surface area (Å²) in [5.41, 5.74) is 2.65. The van der Waals surface area contributed by atoms with E-state index in [0.29, 0.717) is 24.6 Å². The van der Waals surface area contributed by atoms with Crippen LogP contribution in [-0.2, 0) is 16.3 Å². The van der Waals surface area contributed by atoms with Gasteiger partial charge in [0, 0.05) is 18.8 Å². The quantitative estimate of drug-likeness (QED) is 0.295. The van der Waals surface area contributed by atoms with Crippen LogP contribution >= 0.6 is 0 Å². The predicted octanol–water partition coefficient (Wildman–Crippen LogP) is 5.74. The second-order valence-corrected chi connectivity index (χ2v) is 11.7. The molecule has 1 atom stereocenters. The predicted molar refractivity (Wildman–Crippen MR) is 148 cm³/mol. The van der Waals surface area contributed by atoms with E-state index >= 15 is 0 Å². The van der Waals surface area contributed by atoms with E-state index in [4.69, 9.17) is 0 Å². The molecule has 0 aliphatic carbocycles. The van der Waals surface area contributed by atoms with Gasteiger partial charge in [0.05, 0.1) is 10.9 Å². The minimum atomic E-state index is -4.36. The number of hydrogen-bond acceptors (Lipinski definition) is 6. The van der Waals surface area contributed by atoms with Crippen molar-refractivity contribution in [3.63, 3.8) is 0 Å². The van der Waals surface area contributed by atoms with Crippen molar-refractivity contribution in [2.24, 2.45) is 5.92 Å². The van der Waals surface area contributed by atoms with Crippen LogP contribution in [0.5, 0.6) is 5.88 Å². The summed E-state index contributed by atoms with van der Waals surface area (Å²) in [5.74, 6) is 0.137. The van der Waals surface area contributed by atoms with Gasteiger partial charge in [-0.3, -0.25) is 14.3 Å². The molecule has 0 amide bonds. The van der Waals surface area contributed by atoms with Gasteiger partial charge in [0.25, 0.3) is 5.56 Å². The Bertz CT molecular complexity index is 1580. The van der Waals surface area contributed by atoms with Crippen molar-refractivity contribution in [1.82, 2.24) is 14.5 Å². The molecule has 0 saturated carbocycles. The van der Waals surface area contributed by atoms with E-state index in [1.54, 1.807) is 24.5 Å². The summed E-state index contributed by atoms with van der Waals surface area (Å²) in [5, 5.41) is 11.5. The molecule has 7 nitrogen and oxygen atoms in total. The SMILES string of the molecule is CCC(c1ccccc1)n1c(CCC(C)C)nc(=O)c(S(=O)(=O)c2ccc(-c3ccncc3C)cc2)c1O. The van der Waals surface area contributed by atoms with Crippen molar-refractivity contribution >= 4 is 9.84 Å². The molecular formula is C30H33N3O4S. The van der Waals surface area contributed by atoms with Gasteiger partial charge in [-0.2, -0.15) is 4.98 Å². The number of sulfone groups is 1. The number of rotatable bonds is 9. The van der Waals surface area contributed by atoms with Gasteiger partial charge in [-0.15, -0.1) is 0 Å². The van der Waals surface area contributed by atoms with E-state index in [1.165, 1.54) is 16.7 Å². The number of hydrogen-bond donors (Lipinski definition) is 1. The number of nitrogens with zero attached hydrogens (tertiary/aromatic N) is 3. The third-order valence-electron chi connectivity index (χ3n) is 6.73. The molecule has 0 spiro atoms. The fraction of sp³-hybridized carbons (Fsp3) is 0.300. The Morgan fingerprint density at radius 1 is 1.00 bits per heavy atom. The number of aromatic hydroxyl groups is 1. The van der Waals surface area contributed by atoms with Gasteiger partial charge in [-0.1, -0.05) is 63.2 Å². The van der Waals surface area contributed by atoms with Crippen LogP contribution in [0.4, 0.5) is 0 Å². The maximum Gasteiger partial charge on any atom is 0.296 e. The Morgan fingerprint density at radius 2 is 1.68 bits per heavy atom.